The van der Waals surface area contributed by atoms with E-state index in [9.17, 15) is 4.79 Å². The number of hydrogen-bond acceptors (Lipinski definition) is 4. The van der Waals surface area contributed by atoms with Crippen molar-refractivity contribution in [1.82, 2.24) is 15.6 Å². The van der Waals surface area contributed by atoms with Gasteiger partial charge >= 0.3 is 6.03 Å². The molecule has 1 saturated carbocycles. The van der Waals surface area contributed by atoms with Crippen LogP contribution in [0.25, 0.3) is 0 Å². The highest BCUT2D eigenvalue weighted by atomic mass is 32.2. The lowest BCUT2D eigenvalue weighted by molar-refractivity contribution is 0.236. The van der Waals surface area contributed by atoms with Crippen molar-refractivity contribution in [1.29, 1.82) is 0 Å². The van der Waals surface area contributed by atoms with E-state index in [2.05, 4.69) is 21.9 Å². The van der Waals surface area contributed by atoms with Crippen LogP contribution in [0.15, 0.2) is 18.2 Å². The fourth-order valence-corrected chi connectivity index (χ4v) is 3.30. The molecule has 0 unspecified atom stereocenters. The van der Waals surface area contributed by atoms with Crippen LogP contribution >= 0.6 is 11.8 Å². The van der Waals surface area contributed by atoms with Crippen LogP contribution < -0.4 is 15.5 Å². The van der Waals surface area contributed by atoms with Gasteiger partial charge in [-0.3, -0.25) is 0 Å². The van der Waals surface area contributed by atoms with Crippen molar-refractivity contribution >= 4 is 23.6 Å². The quantitative estimate of drug-likeness (QED) is 0.876. The van der Waals surface area contributed by atoms with E-state index in [1.807, 2.05) is 49.0 Å². The first-order chi connectivity index (χ1) is 10.1. The first-order valence-corrected chi connectivity index (χ1v) is 8.57. The first-order valence-electron chi connectivity index (χ1n) is 7.29. The zero-order chi connectivity index (χ0) is 15.2. The highest BCUT2D eigenvalue weighted by molar-refractivity contribution is 7.99. The van der Waals surface area contributed by atoms with Crippen LogP contribution in [0.2, 0.25) is 0 Å². The normalized spacial score (nSPS) is 21.1. The fraction of sp³-hybridized carbons (Fsp3) is 0.600. The maximum atomic E-state index is 11.9. The average Bonchev–Trinajstić information content (AvgIpc) is 2.93. The predicted molar refractivity (Wildman–Crippen MR) is 88.9 cm³/mol. The van der Waals surface area contributed by atoms with Gasteiger partial charge in [0.15, 0.2) is 0 Å². The molecule has 1 aromatic heterocycles. The van der Waals surface area contributed by atoms with E-state index in [0.717, 1.165) is 24.4 Å². The number of hydrogen-bond donors (Lipinski definition) is 2. The zero-order valence-electron chi connectivity index (χ0n) is 12.9. The molecular weight excluding hydrogens is 284 g/mol. The third kappa shape index (κ3) is 4.81. The van der Waals surface area contributed by atoms with Gasteiger partial charge in [0.05, 0.1) is 12.2 Å². The van der Waals surface area contributed by atoms with Crippen LogP contribution in [0.5, 0.6) is 0 Å². The number of carbonyl (C=O) groups is 1. The second kappa shape index (κ2) is 7.54. The lowest BCUT2D eigenvalue weighted by Crippen LogP contribution is -2.40. The number of aromatic nitrogens is 1. The summed E-state index contributed by atoms with van der Waals surface area (Å²) in [5.74, 6) is 0.897. The van der Waals surface area contributed by atoms with Gasteiger partial charge in [0, 0.05) is 25.4 Å². The number of urea groups is 1. The number of nitrogens with one attached hydrogen (secondary N) is 2. The molecule has 0 aromatic carbocycles. The third-order valence-electron chi connectivity index (χ3n) is 3.73. The van der Waals surface area contributed by atoms with Gasteiger partial charge in [0.2, 0.25) is 0 Å². The lowest BCUT2D eigenvalue weighted by Gasteiger charge is -2.15. The van der Waals surface area contributed by atoms with Crippen LogP contribution in [-0.4, -0.2) is 42.7 Å². The molecule has 2 N–H and O–H groups in total. The SMILES string of the molecule is CS[C@H]1CC[C@@H](NC(=O)NCc2cccc(N(C)C)n2)C1. The standard InChI is InChI=1S/C15H24N4OS/c1-19(2)14-6-4-5-12(17-14)10-16-15(20)18-11-7-8-13(9-11)21-3/h4-6,11,13H,7-10H2,1-3H3,(H2,16,18,20)/t11-,13+/m1/s1. The minimum absolute atomic E-state index is 0.0983. The monoisotopic (exact) mass is 308 g/mol. The summed E-state index contributed by atoms with van der Waals surface area (Å²) in [5.41, 5.74) is 0.866. The van der Waals surface area contributed by atoms with Crippen LogP contribution in [0.4, 0.5) is 10.6 Å². The van der Waals surface area contributed by atoms with Crippen LogP contribution in [0, 0.1) is 0 Å². The molecule has 0 spiro atoms. The van der Waals surface area contributed by atoms with E-state index < -0.39 is 0 Å². The Hall–Kier alpha value is -1.43. The van der Waals surface area contributed by atoms with E-state index >= 15 is 0 Å². The smallest absolute Gasteiger partial charge is 0.315 e. The van der Waals surface area contributed by atoms with Gasteiger partial charge in [0.25, 0.3) is 0 Å². The van der Waals surface area contributed by atoms with Gasteiger partial charge in [0.1, 0.15) is 5.82 Å². The molecule has 1 heterocycles. The summed E-state index contributed by atoms with van der Waals surface area (Å²) in [6.45, 7) is 0.451. The molecule has 1 aliphatic rings. The average molecular weight is 308 g/mol. The van der Waals surface area contributed by atoms with Gasteiger partial charge in [-0.25, -0.2) is 9.78 Å². The molecular formula is C15H24N4OS. The van der Waals surface area contributed by atoms with Crippen molar-refractivity contribution in [2.24, 2.45) is 0 Å². The molecule has 116 valence electrons. The molecule has 0 saturated heterocycles. The molecule has 21 heavy (non-hydrogen) atoms. The van der Waals surface area contributed by atoms with Crippen molar-refractivity contribution in [2.45, 2.75) is 37.1 Å². The summed E-state index contributed by atoms with van der Waals surface area (Å²) in [5, 5.41) is 6.62. The van der Waals surface area contributed by atoms with Crippen LogP contribution in [-0.2, 0) is 6.54 Å². The third-order valence-corrected chi connectivity index (χ3v) is 4.83. The van der Waals surface area contributed by atoms with Crippen molar-refractivity contribution in [3.05, 3.63) is 23.9 Å². The number of carbonyl (C=O) groups excluding carboxylic acids is 1. The number of nitrogens with zero attached hydrogens (tertiary/aromatic N) is 2. The Kier molecular flexibility index (Phi) is 5.73. The Morgan fingerprint density at radius 1 is 1.43 bits per heavy atom. The van der Waals surface area contributed by atoms with E-state index in [0.29, 0.717) is 17.8 Å². The lowest BCUT2D eigenvalue weighted by atomic mass is 10.2. The Bertz CT molecular complexity index is 480. The van der Waals surface area contributed by atoms with Crippen LogP contribution in [0.3, 0.4) is 0 Å². The Morgan fingerprint density at radius 2 is 2.24 bits per heavy atom. The molecule has 2 atom stereocenters. The summed E-state index contributed by atoms with van der Waals surface area (Å²) < 4.78 is 0. The highest BCUT2D eigenvalue weighted by Crippen LogP contribution is 2.27. The molecule has 5 nitrogen and oxygen atoms in total. The van der Waals surface area contributed by atoms with Gasteiger partial charge in [-0.05, 0) is 37.7 Å². The first kappa shape index (κ1) is 15.9. The Labute approximate surface area is 130 Å². The van der Waals surface area contributed by atoms with Crippen molar-refractivity contribution in [3.8, 4) is 0 Å². The maximum absolute atomic E-state index is 11.9. The van der Waals surface area contributed by atoms with Gasteiger partial charge in [-0.1, -0.05) is 6.07 Å². The molecule has 2 rings (SSSR count). The highest BCUT2D eigenvalue weighted by Gasteiger charge is 2.24. The maximum Gasteiger partial charge on any atom is 0.315 e. The van der Waals surface area contributed by atoms with E-state index in [4.69, 9.17) is 0 Å². The van der Waals surface area contributed by atoms with Crippen LogP contribution in [0.1, 0.15) is 25.0 Å². The van der Waals surface area contributed by atoms with Gasteiger partial charge < -0.3 is 15.5 Å². The number of pyridine rings is 1. The number of amides is 2. The number of anilines is 1. The molecule has 2 amide bonds. The minimum Gasteiger partial charge on any atom is -0.363 e. The zero-order valence-corrected chi connectivity index (χ0v) is 13.7. The number of rotatable bonds is 5. The summed E-state index contributed by atoms with van der Waals surface area (Å²) in [6, 6.07) is 6.04. The second-order valence-corrected chi connectivity index (χ2v) is 6.71. The fourth-order valence-electron chi connectivity index (χ4n) is 2.51. The summed E-state index contributed by atoms with van der Waals surface area (Å²) in [4.78, 5) is 18.3. The van der Waals surface area contributed by atoms with Crippen molar-refractivity contribution in [2.75, 3.05) is 25.3 Å². The summed E-state index contributed by atoms with van der Waals surface area (Å²) in [7, 11) is 3.91. The summed E-state index contributed by atoms with van der Waals surface area (Å²) >= 11 is 1.89. The molecule has 0 radical (unpaired) electrons. The molecule has 1 aromatic rings. The largest absolute Gasteiger partial charge is 0.363 e. The Balaban J connectivity index is 1.77. The number of thioether (sulfide) groups is 1. The van der Waals surface area contributed by atoms with E-state index in [1.165, 1.54) is 6.42 Å². The van der Waals surface area contributed by atoms with Crippen molar-refractivity contribution in [3.63, 3.8) is 0 Å². The Morgan fingerprint density at radius 3 is 2.90 bits per heavy atom. The predicted octanol–water partition coefficient (Wildman–Crippen LogP) is 2.23. The van der Waals surface area contributed by atoms with E-state index in [1.54, 1.807) is 0 Å². The van der Waals surface area contributed by atoms with Gasteiger partial charge in [-0.2, -0.15) is 11.8 Å². The van der Waals surface area contributed by atoms with E-state index in [-0.39, 0.29) is 6.03 Å². The second-order valence-electron chi connectivity index (χ2n) is 5.58. The molecule has 6 heteroatoms. The topological polar surface area (TPSA) is 57.3 Å². The summed E-state index contributed by atoms with van der Waals surface area (Å²) in [6.07, 6.45) is 5.48. The van der Waals surface area contributed by atoms with Gasteiger partial charge in [-0.15, -0.1) is 0 Å². The molecule has 1 fully saturated rings. The molecule has 0 aliphatic heterocycles. The molecule has 0 bridgehead atoms. The minimum atomic E-state index is -0.0983. The molecule has 1 aliphatic carbocycles. The van der Waals surface area contributed by atoms with Crippen molar-refractivity contribution < 1.29 is 4.79 Å².